The van der Waals surface area contributed by atoms with Gasteiger partial charge in [-0.05, 0) is 43.6 Å². The molecule has 5 heteroatoms. The predicted molar refractivity (Wildman–Crippen MR) is 82.0 cm³/mol. The number of aromatic nitrogens is 2. The molecular weight excluding hydrogens is 266 g/mol. The molecule has 1 aliphatic rings. The molecule has 2 N–H and O–H groups in total. The topological polar surface area (TPSA) is 74.2 Å². The molecule has 0 spiro atoms. The van der Waals surface area contributed by atoms with Gasteiger partial charge in [0.15, 0.2) is 5.82 Å². The Morgan fingerprint density at radius 3 is 2.76 bits per heavy atom. The summed E-state index contributed by atoms with van der Waals surface area (Å²) in [5, 5.41) is 4.14. The van der Waals surface area contributed by atoms with E-state index in [4.69, 9.17) is 15.0 Å². The molecule has 0 bridgehead atoms. The van der Waals surface area contributed by atoms with Crippen LogP contribution in [0.4, 0.5) is 0 Å². The molecule has 2 rings (SSSR count). The fourth-order valence-corrected chi connectivity index (χ4v) is 2.99. The van der Waals surface area contributed by atoms with E-state index in [0.29, 0.717) is 11.8 Å². The van der Waals surface area contributed by atoms with E-state index in [9.17, 15) is 0 Å². The van der Waals surface area contributed by atoms with Crippen molar-refractivity contribution in [2.24, 2.45) is 17.1 Å². The molecule has 2 atom stereocenters. The average molecular weight is 295 g/mol. The minimum Gasteiger partial charge on any atom is -0.381 e. The number of nitrogens with two attached hydrogens (primary N) is 1. The number of aryl methyl sites for hydroxylation is 1. The second-order valence-electron chi connectivity index (χ2n) is 7.14. The lowest BCUT2D eigenvalue weighted by Gasteiger charge is -2.30. The summed E-state index contributed by atoms with van der Waals surface area (Å²) >= 11 is 0. The van der Waals surface area contributed by atoms with E-state index in [-0.39, 0.29) is 5.41 Å². The highest BCUT2D eigenvalue weighted by atomic mass is 16.5. The van der Waals surface area contributed by atoms with Gasteiger partial charge in [-0.1, -0.05) is 25.9 Å². The van der Waals surface area contributed by atoms with Crippen molar-refractivity contribution in [1.29, 1.82) is 0 Å². The van der Waals surface area contributed by atoms with Crippen molar-refractivity contribution in [3.05, 3.63) is 11.7 Å². The zero-order valence-electron chi connectivity index (χ0n) is 13.6. The van der Waals surface area contributed by atoms with E-state index >= 15 is 0 Å². The molecule has 5 nitrogen and oxygen atoms in total. The maximum absolute atomic E-state index is 5.73. The molecule has 0 radical (unpaired) electrons. The summed E-state index contributed by atoms with van der Waals surface area (Å²) in [6.07, 6.45) is 5.10. The third-order valence-corrected chi connectivity index (χ3v) is 4.46. The van der Waals surface area contributed by atoms with Gasteiger partial charge in [-0.25, -0.2) is 0 Å². The van der Waals surface area contributed by atoms with Crippen LogP contribution in [0.15, 0.2) is 4.52 Å². The highest BCUT2D eigenvalue weighted by Crippen LogP contribution is 2.32. The number of ether oxygens (including phenoxy) is 1. The van der Waals surface area contributed by atoms with Crippen molar-refractivity contribution in [2.75, 3.05) is 19.8 Å². The highest BCUT2D eigenvalue weighted by Gasteiger charge is 2.25. The lowest BCUT2D eigenvalue weighted by atomic mass is 9.76. The third kappa shape index (κ3) is 4.78. The minimum atomic E-state index is 0.263. The van der Waals surface area contributed by atoms with E-state index in [1.165, 1.54) is 0 Å². The van der Waals surface area contributed by atoms with Crippen LogP contribution in [0.1, 0.15) is 64.1 Å². The summed E-state index contributed by atoms with van der Waals surface area (Å²) < 4.78 is 10.9. The largest absolute Gasteiger partial charge is 0.381 e. The smallest absolute Gasteiger partial charge is 0.226 e. The van der Waals surface area contributed by atoms with Gasteiger partial charge in [-0.15, -0.1) is 0 Å². The standard InChI is InChI=1S/C16H29N3O2/c1-16(2,3)13(8-9-17)6-7-14-18-15(19-21-14)12-5-4-10-20-11-12/h12-13H,4-11,17H2,1-3H3. The summed E-state index contributed by atoms with van der Waals surface area (Å²) in [5.41, 5.74) is 5.99. The number of nitrogens with zero attached hydrogens (tertiary/aromatic N) is 2. The lowest BCUT2D eigenvalue weighted by molar-refractivity contribution is 0.0773. The molecule has 21 heavy (non-hydrogen) atoms. The molecule has 2 heterocycles. The second-order valence-corrected chi connectivity index (χ2v) is 7.14. The molecule has 1 aromatic heterocycles. The van der Waals surface area contributed by atoms with Crippen molar-refractivity contribution >= 4 is 0 Å². The molecule has 1 aliphatic heterocycles. The van der Waals surface area contributed by atoms with Gasteiger partial charge < -0.3 is 15.0 Å². The molecule has 120 valence electrons. The summed E-state index contributed by atoms with van der Waals surface area (Å²) in [4.78, 5) is 4.56. The van der Waals surface area contributed by atoms with E-state index in [0.717, 1.165) is 63.6 Å². The van der Waals surface area contributed by atoms with Crippen LogP contribution >= 0.6 is 0 Å². The average Bonchev–Trinajstić information content (AvgIpc) is 2.92. The quantitative estimate of drug-likeness (QED) is 0.873. The molecule has 0 aromatic carbocycles. The summed E-state index contributed by atoms with van der Waals surface area (Å²) in [6.45, 7) is 9.12. The van der Waals surface area contributed by atoms with E-state index in [1.54, 1.807) is 0 Å². The van der Waals surface area contributed by atoms with Crippen LogP contribution in [0.5, 0.6) is 0 Å². The molecular formula is C16H29N3O2. The molecule has 1 fully saturated rings. The van der Waals surface area contributed by atoms with Crippen molar-refractivity contribution in [2.45, 2.75) is 58.8 Å². The van der Waals surface area contributed by atoms with Crippen LogP contribution in [0, 0.1) is 11.3 Å². The van der Waals surface area contributed by atoms with Gasteiger partial charge in [0.25, 0.3) is 0 Å². The monoisotopic (exact) mass is 295 g/mol. The van der Waals surface area contributed by atoms with E-state index in [1.807, 2.05) is 0 Å². The van der Waals surface area contributed by atoms with Crippen molar-refractivity contribution in [3.8, 4) is 0 Å². The van der Waals surface area contributed by atoms with Gasteiger partial charge in [0, 0.05) is 18.9 Å². The van der Waals surface area contributed by atoms with Crippen LogP contribution in [-0.2, 0) is 11.2 Å². The predicted octanol–water partition coefficient (Wildman–Crippen LogP) is 2.91. The molecule has 1 saturated heterocycles. The van der Waals surface area contributed by atoms with Crippen LogP contribution < -0.4 is 5.73 Å². The summed E-state index contributed by atoms with van der Waals surface area (Å²) in [7, 11) is 0. The zero-order chi connectivity index (χ0) is 15.3. The van der Waals surface area contributed by atoms with Gasteiger partial charge in [-0.3, -0.25) is 0 Å². The Morgan fingerprint density at radius 1 is 1.33 bits per heavy atom. The first-order valence-corrected chi connectivity index (χ1v) is 8.11. The van der Waals surface area contributed by atoms with Crippen LogP contribution in [-0.4, -0.2) is 29.9 Å². The van der Waals surface area contributed by atoms with Crippen molar-refractivity contribution in [1.82, 2.24) is 10.1 Å². The third-order valence-electron chi connectivity index (χ3n) is 4.46. The van der Waals surface area contributed by atoms with E-state index < -0.39 is 0 Å². The first-order valence-electron chi connectivity index (χ1n) is 8.11. The van der Waals surface area contributed by atoms with Crippen LogP contribution in [0.3, 0.4) is 0 Å². The first-order chi connectivity index (χ1) is 10.0. The SMILES string of the molecule is CC(C)(C)C(CCN)CCc1nc(C2CCCOC2)no1. The highest BCUT2D eigenvalue weighted by molar-refractivity contribution is 4.97. The fourth-order valence-electron chi connectivity index (χ4n) is 2.99. The maximum atomic E-state index is 5.73. The minimum absolute atomic E-state index is 0.263. The van der Waals surface area contributed by atoms with Gasteiger partial charge in [0.05, 0.1) is 6.61 Å². The first kappa shape index (κ1) is 16.4. The molecule has 1 aromatic rings. The Bertz CT molecular complexity index is 419. The number of hydrogen-bond donors (Lipinski definition) is 1. The lowest BCUT2D eigenvalue weighted by Crippen LogP contribution is -2.24. The van der Waals surface area contributed by atoms with Gasteiger partial charge >= 0.3 is 0 Å². The van der Waals surface area contributed by atoms with Crippen LogP contribution in [0.2, 0.25) is 0 Å². The van der Waals surface area contributed by atoms with Crippen LogP contribution in [0.25, 0.3) is 0 Å². The number of hydrogen-bond acceptors (Lipinski definition) is 5. The number of rotatable bonds is 6. The fraction of sp³-hybridized carbons (Fsp3) is 0.875. The van der Waals surface area contributed by atoms with Gasteiger partial charge in [-0.2, -0.15) is 4.98 Å². The molecule has 2 unspecified atom stereocenters. The van der Waals surface area contributed by atoms with Gasteiger partial charge in [0.1, 0.15) is 0 Å². The van der Waals surface area contributed by atoms with Crippen molar-refractivity contribution in [3.63, 3.8) is 0 Å². The summed E-state index contributed by atoms with van der Waals surface area (Å²) in [6, 6.07) is 0. The Hall–Kier alpha value is -0.940. The Morgan fingerprint density at radius 2 is 2.14 bits per heavy atom. The Kier molecular flexibility index (Phi) is 5.76. The van der Waals surface area contributed by atoms with Gasteiger partial charge in [0.2, 0.25) is 5.89 Å². The Balaban J connectivity index is 1.89. The van der Waals surface area contributed by atoms with Crippen molar-refractivity contribution < 1.29 is 9.26 Å². The Labute approximate surface area is 127 Å². The molecule has 0 aliphatic carbocycles. The summed E-state index contributed by atoms with van der Waals surface area (Å²) in [5.74, 6) is 2.45. The zero-order valence-corrected chi connectivity index (χ0v) is 13.6. The normalized spacial score (nSPS) is 21.4. The molecule has 0 saturated carbocycles. The second kappa shape index (κ2) is 7.36. The van der Waals surface area contributed by atoms with E-state index in [2.05, 4.69) is 30.9 Å². The maximum Gasteiger partial charge on any atom is 0.226 e. The molecule has 0 amide bonds.